The molecule has 0 saturated carbocycles. The van der Waals surface area contributed by atoms with Gasteiger partial charge in [0, 0.05) is 12.1 Å². The van der Waals surface area contributed by atoms with Crippen LogP contribution in [0.25, 0.3) is 6.08 Å². The maximum atomic E-state index is 12.4. The third kappa shape index (κ3) is 4.66. The van der Waals surface area contributed by atoms with Crippen molar-refractivity contribution in [3.05, 3.63) is 53.7 Å². The minimum absolute atomic E-state index is 0.127. The van der Waals surface area contributed by atoms with E-state index >= 15 is 0 Å². The number of furan rings is 1. The summed E-state index contributed by atoms with van der Waals surface area (Å²) >= 11 is 0. The lowest BCUT2D eigenvalue weighted by molar-refractivity contribution is -0.143. The van der Waals surface area contributed by atoms with Crippen molar-refractivity contribution in [3.8, 4) is 11.5 Å². The van der Waals surface area contributed by atoms with Crippen molar-refractivity contribution in [3.63, 3.8) is 0 Å². The van der Waals surface area contributed by atoms with E-state index in [0.717, 1.165) is 0 Å². The second-order valence-electron chi connectivity index (χ2n) is 6.67. The molecule has 0 spiro atoms. The highest BCUT2D eigenvalue weighted by molar-refractivity contribution is 6.14. The molecule has 0 bridgehead atoms. The fourth-order valence-corrected chi connectivity index (χ4v) is 2.81. The monoisotopic (exact) mass is 399 g/mol. The predicted molar refractivity (Wildman–Crippen MR) is 103 cm³/mol. The lowest BCUT2D eigenvalue weighted by Gasteiger charge is -2.20. The minimum Gasteiger partial charge on any atom is -0.484 e. The zero-order chi connectivity index (χ0) is 21.0. The molecule has 8 heteroatoms. The van der Waals surface area contributed by atoms with Crippen LogP contribution in [0, 0.1) is 5.92 Å². The van der Waals surface area contributed by atoms with E-state index in [1.807, 2.05) is 6.92 Å². The van der Waals surface area contributed by atoms with Gasteiger partial charge in [-0.1, -0.05) is 20.3 Å². The zero-order valence-electron chi connectivity index (χ0n) is 16.0. The van der Waals surface area contributed by atoms with E-state index in [1.54, 1.807) is 31.2 Å². The molecule has 2 atom stereocenters. The molecule has 3 rings (SSSR count). The molecule has 0 fully saturated rings. The van der Waals surface area contributed by atoms with Crippen LogP contribution in [0.5, 0.6) is 11.5 Å². The summed E-state index contributed by atoms with van der Waals surface area (Å²) in [6.45, 7) is 3.24. The van der Waals surface area contributed by atoms with Crippen molar-refractivity contribution >= 4 is 23.7 Å². The van der Waals surface area contributed by atoms with E-state index in [9.17, 15) is 19.5 Å². The summed E-state index contributed by atoms with van der Waals surface area (Å²) in [6.07, 6.45) is 3.60. The van der Waals surface area contributed by atoms with Crippen molar-refractivity contribution in [1.29, 1.82) is 0 Å². The molecule has 1 amide bonds. The molecule has 2 heterocycles. The van der Waals surface area contributed by atoms with E-state index in [0.29, 0.717) is 29.2 Å². The van der Waals surface area contributed by atoms with E-state index in [-0.39, 0.29) is 24.1 Å². The summed E-state index contributed by atoms with van der Waals surface area (Å²) in [6, 6.07) is 7.02. The van der Waals surface area contributed by atoms with Gasteiger partial charge in [0.2, 0.25) is 5.78 Å². The number of nitrogens with one attached hydrogen (secondary N) is 1. The molecule has 1 aromatic carbocycles. The highest BCUT2D eigenvalue weighted by Crippen LogP contribution is 2.34. The van der Waals surface area contributed by atoms with Crippen molar-refractivity contribution in [1.82, 2.24) is 5.32 Å². The second kappa shape index (κ2) is 8.64. The standard InChI is InChI=1S/C21H21NO7/c1-3-12(2)19(21(25)26)22-18(23)11-28-14-6-7-15-16(9-14)29-17(20(15)24)10-13-5-4-8-27-13/h4-10,12,19H,3,11H2,1-2H3,(H,22,23)(H,25,26). The van der Waals surface area contributed by atoms with Crippen molar-refractivity contribution in [2.24, 2.45) is 5.92 Å². The number of aliphatic carboxylic acids is 1. The molecular formula is C21H21NO7. The van der Waals surface area contributed by atoms with Crippen LogP contribution >= 0.6 is 0 Å². The van der Waals surface area contributed by atoms with E-state index in [2.05, 4.69) is 5.32 Å². The van der Waals surface area contributed by atoms with Gasteiger partial charge < -0.3 is 24.3 Å². The SMILES string of the molecule is CCC(C)C(NC(=O)COc1ccc2c(c1)OC(=Cc1ccco1)C2=O)C(=O)O. The number of ether oxygens (including phenoxy) is 2. The topological polar surface area (TPSA) is 115 Å². The first kappa shape index (κ1) is 20.2. The molecule has 1 aliphatic rings. The van der Waals surface area contributed by atoms with Gasteiger partial charge in [-0.25, -0.2) is 4.79 Å². The van der Waals surface area contributed by atoms with Gasteiger partial charge in [0.05, 0.1) is 11.8 Å². The largest absolute Gasteiger partial charge is 0.484 e. The average Bonchev–Trinajstić information content (AvgIpc) is 3.32. The van der Waals surface area contributed by atoms with Crippen molar-refractivity contribution in [2.45, 2.75) is 26.3 Å². The summed E-state index contributed by atoms with van der Waals surface area (Å²) in [5.41, 5.74) is 0.377. The van der Waals surface area contributed by atoms with Crippen LogP contribution < -0.4 is 14.8 Å². The van der Waals surface area contributed by atoms with Gasteiger partial charge in [0.15, 0.2) is 12.4 Å². The fraction of sp³-hybridized carbons (Fsp3) is 0.286. The minimum atomic E-state index is -1.09. The van der Waals surface area contributed by atoms with Crippen molar-refractivity contribution < 1.29 is 33.4 Å². The Morgan fingerprint density at radius 2 is 2.10 bits per heavy atom. The molecule has 0 aliphatic carbocycles. The summed E-state index contributed by atoms with van der Waals surface area (Å²) in [7, 11) is 0. The highest BCUT2D eigenvalue weighted by Gasteiger charge is 2.28. The Morgan fingerprint density at radius 1 is 1.31 bits per heavy atom. The molecule has 2 aromatic rings. The van der Waals surface area contributed by atoms with Crippen LogP contribution in [0.4, 0.5) is 0 Å². The van der Waals surface area contributed by atoms with Crippen LogP contribution in [0.3, 0.4) is 0 Å². The zero-order valence-corrected chi connectivity index (χ0v) is 16.0. The molecule has 8 nitrogen and oxygen atoms in total. The summed E-state index contributed by atoms with van der Waals surface area (Å²) in [4.78, 5) is 35.7. The van der Waals surface area contributed by atoms with E-state index < -0.39 is 17.9 Å². The molecule has 1 aromatic heterocycles. The quantitative estimate of drug-likeness (QED) is 0.656. The molecule has 1 aliphatic heterocycles. The maximum Gasteiger partial charge on any atom is 0.326 e. The summed E-state index contributed by atoms with van der Waals surface area (Å²) in [5.74, 6) is -0.878. The molecular weight excluding hydrogens is 378 g/mol. The van der Waals surface area contributed by atoms with E-state index in [4.69, 9.17) is 13.9 Å². The Morgan fingerprint density at radius 3 is 2.76 bits per heavy atom. The third-order valence-corrected chi connectivity index (χ3v) is 4.62. The Hall–Kier alpha value is -3.55. The Kier molecular flexibility index (Phi) is 6.01. The van der Waals surface area contributed by atoms with Gasteiger partial charge in [-0.15, -0.1) is 0 Å². The van der Waals surface area contributed by atoms with Gasteiger partial charge in [-0.2, -0.15) is 0 Å². The second-order valence-corrected chi connectivity index (χ2v) is 6.67. The maximum absolute atomic E-state index is 12.4. The van der Waals surface area contributed by atoms with E-state index in [1.165, 1.54) is 18.4 Å². The number of amides is 1. The number of carboxylic acids is 1. The number of ketones is 1. The number of Topliss-reactive ketones (excluding diaryl/α,β-unsaturated/α-hetero) is 1. The van der Waals surface area contributed by atoms with Crippen LogP contribution in [-0.4, -0.2) is 35.4 Å². The predicted octanol–water partition coefficient (Wildman–Crippen LogP) is 2.89. The first-order chi connectivity index (χ1) is 13.9. The molecule has 0 radical (unpaired) electrons. The number of rotatable bonds is 8. The molecule has 0 saturated heterocycles. The number of benzene rings is 1. The molecule has 2 unspecified atom stereocenters. The van der Waals surface area contributed by atoms with Crippen LogP contribution in [-0.2, 0) is 9.59 Å². The summed E-state index contributed by atoms with van der Waals surface area (Å²) < 4.78 is 16.2. The van der Waals surface area contributed by atoms with Gasteiger partial charge in [0.1, 0.15) is 23.3 Å². The normalized spacial score (nSPS) is 16.1. The van der Waals surface area contributed by atoms with Gasteiger partial charge in [-0.05, 0) is 30.2 Å². The Bertz CT molecular complexity index is 946. The fourth-order valence-electron chi connectivity index (χ4n) is 2.81. The molecule has 152 valence electrons. The third-order valence-electron chi connectivity index (χ3n) is 4.62. The first-order valence-electron chi connectivity index (χ1n) is 9.15. The van der Waals surface area contributed by atoms with Crippen molar-refractivity contribution in [2.75, 3.05) is 6.61 Å². The number of hydrogen-bond acceptors (Lipinski definition) is 6. The number of allylic oxidation sites excluding steroid dienone is 1. The number of carbonyl (C=O) groups excluding carboxylic acids is 2. The Labute approximate surface area is 167 Å². The Balaban J connectivity index is 1.63. The lowest BCUT2D eigenvalue weighted by atomic mass is 9.99. The van der Waals surface area contributed by atoms with Gasteiger partial charge in [-0.3, -0.25) is 9.59 Å². The van der Waals surface area contributed by atoms with Crippen LogP contribution in [0.15, 0.2) is 46.8 Å². The first-order valence-corrected chi connectivity index (χ1v) is 9.15. The molecule has 2 N–H and O–H groups in total. The van der Waals surface area contributed by atoms with Gasteiger partial charge in [0.25, 0.3) is 5.91 Å². The number of carboxylic acid groups (broad SMARTS) is 1. The van der Waals surface area contributed by atoms with Crippen LogP contribution in [0.2, 0.25) is 0 Å². The summed E-state index contributed by atoms with van der Waals surface area (Å²) in [5, 5.41) is 11.7. The highest BCUT2D eigenvalue weighted by atomic mass is 16.5. The number of hydrogen-bond donors (Lipinski definition) is 2. The lowest BCUT2D eigenvalue weighted by Crippen LogP contribution is -2.46. The molecule has 29 heavy (non-hydrogen) atoms. The van der Waals surface area contributed by atoms with Crippen LogP contribution in [0.1, 0.15) is 36.4 Å². The number of carbonyl (C=O) groups is 3. The number of fused-ring (bicyclic) bond motifs is 1. The average molecular weight is 399 g/mol. The smallest absolute Gasteiger partial charge is 0.326 e. The van der Waals surface area contributed by atoms with Gasteiger partial charge >= 0.3 is 5.97 Å².